The van der Waals surface area contributed by atoms with Crippen LogP contribution in [0.5, 0.6) is 0 Å². The Hall–Kier alpha value is -0.120. The van der Waals surface area contributed by atoms with E-state index in [1.165, 1.54) is 58.3 Å². The number of likely N-dealkylation sites (tertiary alicyclic amines) is 1. The van der Waals surface area contributed by atoms with Gasteiger partial charge in [0.25, 0.3) is 0 Å². The maximum Gasteiger partial charge on any atom is 0.0478 e. The highest BCUT2D eigenvalue weighted by molar-refractivity contribution is 4.99. The van der Waals surface area contributed by atoms with Crippen LogP contribution in [0.1, 0.15) is 39.0 Å². The molecule has 0 aromatic rings. The van der Waals surface area contributed by atoms with Crippen molar-refractivity contribution in [1.82, 2.24) is 10.2 Å². The van der Waals surface area contributed by atoms with E-state index in [4.69, 9.17) is 4.74 Å². The standard InChI is InChI=1S/C13H26N2O/c1-2-16-11-5-10-15-9-4-7-13(15)6-3-8-14-12-13/h14H,2-12H2,1H3. The van der Waals surface area contributed by atoms with E-state index < -0.39 is 0 Å². The monoisotopic (exact) mass is 226 g/mol. The third-order valence-electron chi connectivity index (χ3n) is 4.11. The summed E-state index contributed by atoms with van der Waals surface area (Å²) in [7, 11) is 0. The molecule has 1 atom stereocenters. The molecule has 1 spiro atoms. The Labute approximate surface area is 99.5 Å². The Balaban J connectivity index is 1.78. The fourth-order valence-corrected chi connectivity index (χ4v) is 3.28. The van der Waals surface area contributed by atoms with Crippen molar-refractivity contribution in [2.75, 3.05) is 39.4 Å². The zero-order chi connectivity index (χ0) is 11.3. The Kier molecular flexibility index (Phi) is 4.62. The minimum absolute atomic E-state index is 0.504. The first-order valence-corrected chi connectivity index (χ1v) is 6.91. The number of hydrogen-bond donors (Lipinski definition) is 1. The second-order valence-corrected chi connectivity index (χ2v) is 5.15. The van der Waals surface area contributed by atoms with Gasteiger partial charge in [-0.05, 0) is 52.1 Å². The van der Waals surface area contributed by atoms with Gasteiger partial charge in [-0.1, -0.05) is 0 Å². The lowest BCUT2D eigenvalue weighted by atomic mass is 9.87. The van der Waals surface area contributed by atoms with Gasteiger partial charge in [-0.3, -0.25) is 4.90 Å². The largest absolute Gasteiger partial charge is 0.382 e. The molecule has 0 bridgehead atoms. The van der Waals surface area contributed by atoms with Gasteiger partial charge in [0.05, 0.1) is 0 Å². The second kappa shape index (κ2) is 5.99. The van der Waals surface area contributed by atoms with E-state index >= 15 is 0 Å². The number of nitrogens with one attached hydrogen (secondary N) is 1. The fourth-order valence-electron chi connectivity index (χ4n) is 3.28. The predicted octanol–water partition coefficient (Wildman–Crippen LogP) is 1.63. The average molecular weight is 226 g/mol. The molecule has 0 saturated carbocycles. The summed E-state index contributed by atoms with van der Waals surface area (Å²) in [4.78, 5) is 2.72. The molecule has 3 heteroatoms. The van der Waals surface area contributed by atoms with E-state index in [1.54, 1.807) is 0 Å². The molecule has 0 amide bonds. The Morgan fingerprint density at radius 3 is 2.94 bits per heavy atom. The van der Waals surface area contributed by atoms with Crippen LogP contribution in [-0.2, 0) is 4.74 Å². The molecule has 0 aliphatic carbocycles. The first kappa shape index (κ1) is 12.3. The summed E-state index contributed by atoms with van der Waals surface area (Å²) < 4.78 is 5.43. The predicted molar refractivity (Wildman–Crippen MR) is 66.8 cm³/mol. The van der Waals surface area contributed by atoms with Gasteiger partial charge in [0.15, 0.2) is 0 Å². The van der Waals surface area contributed by atoms with Gasteiger partial charge in [-0.25, -0.2) is 0 Å². The normalized spacial score (nSPS) is 31.3. The van der Waals surface area contributed by atoms with Crippen molar-refractivity contribution >= 4 is 0 Å². The Morgan fingerprint density at radius 2 is 2.19 bits per heavy atom. The molecular formula is C13H26N2O. The summed E-state index contributed by atoms with van der Waals surface area (Å²) >= 11 is 0. The molecular weight excluding hydrogens is 200 g/mol. The van der Waals surface area contributed by atoms with Gasteiger partial charge in [0.1, 0.15) is 0 Å². The van der Waals surface area contributed by atoms with Crippen LogP contribution in [0.4, 0.5) is 0 Å². The maximum atomic E-state index is 5.43. The third kappa shape index (κ3) is 2.76. The summed E-state index contributed by atoms with van der Waals surface area (Å²) in [6, 6.07) is 0. The molecule has 2 rings (SSSR count). The fraction of sp³-hybridized carbons (Fsp3) is 1.00. The van der Waals surface area contributed by atoms with E-state index in [2.05, 4.69) is 17.1 Å². The first-order chi connectivity index (χ1) is 7.87. The van der Waals surface area contributed by atoms with Gasteiger partial charge >= 0.3 is 0 Å². The van der Waals surface area contributed by atoms with Crippen molar-refractivity contribution in [2.45, 2.75) is 44.6 Å². The topological polar surface area (TPSA) is 24.5 Å². The highest BCUT2D eigenvalue weighted by atomic mass is 16.5. The third-order valence-corrected chi connectivity index (χ3v) is 4.11. The minimum Gasteiger partial charge on any atom is -0.382 e. The number of piperidine rings is 1. The molecule has 94 valence electrons. The summed E-state index contributed by atoms with van der Waals surface area (Å²) in [5.74, 6) is 0. The highest BCUT2D eigenvalue weighted by Gasteiger charge is 2.40. The zero-order valence-corrected chi connectivity index (χ0v) is 10.6. The number of ether oxygens (including phenoxy) is 1. The average Bonchev–Trinajstić information content (AvgIpc) is 2.69. The SMILES string of the molecule is CCOCCCN1CCCC12CCCNC2. The molecule has 0 aromatic carbocycles. The molecule has 2 aliphatic rings. The summed E-state index contributed by atoms with van der Waals surface area (Å²) in [6.07, 6.45) is 6.72. The smallest absolute Gasteiger partial charge is 0.0478 e. The van der Waals surface area contributed by atoms with Crippen molar-refractivity contribution in [3.05, 3.63) is 0 Å². The van der Waals surface area contributed by atoms with E-state index in [0.29, 0.717) is 5.54 Å². The molecule has 1 unspecified atom stereocenters. The van der Waals surface area contributed by atoms with Crippen molar-refractivity contribution in [3.8, 4) is 0 Å². The van der Waals surface area contributed by atoms with E-state index in [9.17, 15) is 0 Å². The van der Waals surface area contributed by atoms with E-state index in [0.717, 1.165) is 13.2 Å². The molecule has 0 aromatic heterocycles. The van der Waals surface area contributed by atoms with E-state index in [1.807, 2.05) is 0 Å². The molecule has 1 N–H and O–H groups in total. The van der Waals surface area contributed by atoms with Crippen molar-refractivity contribution in [3.63, 3.8) is 0 Å². The van der Waals surface area contributed by atoms with Crippen LogP contribution >= 0.6 is 0 Å². The number of rotatable bonds is 5. The molecule has 0 radical (unpaired) electrons. The van der Waals surface area contributed by atoms with Gasteiger partial charge in [-0.2, -0.15) is 0 Å². The Bertz CT molecular complexity index is 202. The van der Waals surface area contributed by atoms with Gasteiger partial charge in [-0.15, -0.1) is 0 Å². The van der Waals surface area contributed by atoms with Crippen LogP contribution in [0.15, 0.2) is 0 Å². The number of nitrogens with zero attached hydrogens (tertiary/aromatic N) is 1. The maximum absolute atomic E-state index is 5.43. The lowest BCUT2D eigenvalue weighted by Crippen LogP contribution is -2.54. The van der Waals surface area contributed by atoms with Crippen molar-refractivity contribution in [1.29, 1.82) is 0 Å². The van der Waals surface area contributed by atoms with Gasteiger partial charge in [0, 0.05) is 31.8 Å². The van der Waals surface area contributed by atoms with Crippen molar-refractivity contribution in [2.24, 2.45) is 0 Å². The van der Waals surface area contributed by atoms with Gasteiger partial charge in [0.2, 0.25) is 0 Å². The summed E-state index contributed by atoms with van der Waals surface area (Å²) in [6.45, 7) is 8.80. The molecule has 2 aliphatic heterocycles. The van der Waals surface area contributed by atoms with Gasteiger partial charge < -0.3 is 10.1 Å². The lowest BCUT2D eigenvalue weighted by Gasteiger charge is -2.42. The van der Waals surface area contributed by atoms with Crippen LogP contribution in [0, 0.1) is 0 Å². The van der Waals surface area contributed by atoms with Crippen LogP contribution in [0.2, 0.25) is 0 Å². The van der Waals surface area contributed by atoms with Crippen molar-refractivity contribution < 1.29 is 4.74 Å². The summed E-state index contributed by atoms with van der Waals surface area (Å²) in [5.41, 5.74) is 0.504. The second-order valence-electron chi connectivity index (χ2n) is 5.15. The minimum atomic E-state index is 0.504. The zero-order valence-electron chi connectivity index (χ0n) is 10.6. The quantitative estimate of drug-likeness (QED) is 0.721. The summed E-state index contributed by atoms with van der Waals surface area (Å²) in [5, 5.41) is 3.58. The molecule has 3 nitrogen and oxygen atoms in total. The van der Waals surface area contributed by atoms with Crippen LogP contribution in [0.3, 0.4) is 0 Å². The molecule has 2 saturated heterocycles. The molecule has 16 heavy (non-hydrogen) atoms. The molecule has 2 heterocycles. The molecule has 2 fully saturated rings. The lowest BCUT2D eigenvalue weighted by molar-refractivity contribution is 0.0832. The van der Waals surface area contributed by atoms with Crippen LogP contribution < -0.4 is 5.32 Å². The first-order valence-electron chi connectivity index (χ1n) is 6.91. The Morgan fingerprint density at radius 1 is 1.31 bits per heavy atom. The van der Waals surface area contributed by atoms with E-state index in [-0.39, 0.29) is 0 Å². The number of hydrogen-bond acceptors (Lipinski definition) is 3. The van der Waals surface area contributed by atoms with Crippen LogP contribution in [0.25, 0.3) is 0 Å². The highest BCUT2D eigenvalue weighted by Crippen LogP contribution is 2.34. The van der Waals surface area contributed by atoms with Crippen LogP contribution in [-0.4, -0.2) is 49.8 Å².